The number of hydrogen-bond acceptors (Lipinski definition) is 3. The van der Waals surface area contributed by atoms with Crippen molar-refractivity contribution in [2.24, 2.45) is 11.8 Å². The van der Waals surface area contributed by atoms with Crippen molar-refractivity contribution in [2.75, 3.05) is 46.8 Å². The van der Waals surface area contributed by atoms with E-state index in [1.807, 2.05) is 0 Å². The normalized spacial score (nSPS) is 36.5. The molecule has 1 aliphatic carbocycles. The van der Waals surface area contributed by atoms with Gasteiger partial charge in [-0.05, 0) is 64.7 Å². The van der Waals surface area contributed by atoms with Gasteiger partial charge in [-0.25, -0.2) is 0 Å². The van der Waals surface area contributed by atoms with Gasteiger partial charge in [0.15, 0.2) is 0 Å². The van der Waals surface area contributed by atoms with Crippen LogP contribution in [0.3, 0.4) is 0 Å². The summed E-state index contributed by atoms with van der Waals surface area (Å²) in [7, 11) is 4.40. The van der Waals surface area contributed by atoms with Gasteiger partial charge in [-0.2, -0.15) is 0 Å². The van der Waals surface area contributed by atoms with Crippen molar-refractivity contribution in [2.45, 2.75) is 38.6 Å². The Morgan fingerprint density at radius 3 is 2.72 bits per heavy atom. The molecule has 0 aromatic carbocycles. The molecule has 1 heterocycles. The Labute approximate surface area is 113 Å². The lowest BCUT2D eigenvalue weighted by Gasteiger charge is -2.37. The molecule has 0 aromatic heterocycles. The minimum atomic E-state index is 0.752. The third kappa shape index (κ3) is 3.94. The van der Waals surface area contributed by atoms with E-state index in [0.29, 0.717) is 0 Å². The number of hydrogen-bond donors (Lipinski definition) is 1. The Bertz CT molecular complexity index is 244. The van der Waals surface area contributed by atoms with Crippen LogP contribution in [0.4, 0.5) is 0 Å². The van der Waals surface area contributed by atoms with E-state index in [2.05, 4.69) is 36.1 Å². The molecule has 0 spiro atoms. The van der Waals surface area contributed by atoms with Crippen LogP contribution in [0, 0.1) is 11.8 Å². The number of likely N-dealkylation sites (N-methyl/N-ethyl adjacent to an activating group) is 1. The third-order valence-corrected chi connectivity index (χ3v) is 4.92. The second kappa shape index (κ2) is 6.88. The maximum Gasteiger partial charge on any atom is 0.0109 e. The minimum Gasteiger partial charge on any atom is -0.317 e. The van der Waals surface area contributed by atoms with Crippen LogP contribution in [0.15, 0.2) is 0 Å². The Balaban J connectivity index is 1.85. The minimum absolute atomic E-state index is 0.752. The molecule has 18 heavy (non-hydrogen) atoms. The van der Waals surface area contributed by atoms with Gasteiger partial charge in [0.2, 0.25) is 0 Å². The first-order valence-electron chi connectivity index (χ1n) is 7.77. The fraction of sp³-hybridized carbons (Fsp3) is 1.00. The molecular weight excluding hydrogens is 222 g/mol. The Morgan fingerprint density at radius 2 is 1.94 bits per heavy atom. The zero-order chi connectivity index (χ0) is 13.0. The third-order valence-electron chi connectivity index (χ3n) is 4.92. The highest BCUT2D eigenvalue weighted by Crippen LogP contribution is 2.29. The van der Waals surface area contributed by atoms with Crippen LogP contribution in [-0.4, -0.2) is 62.7 Å². The topological polar surface area (TPSA) is 18.5 Å². The highest BCUT2D eigenvalue weighted by Gasteiger charge is 2.29. The molecule has 3 nitrogen and oxygen atoms in total. The van der Waals surface area contributed by atoms with Gasteiger partial charge < -0.3 is 15.1 Å². The second-order valence-electron chi connectivity index (χ2n) is 6.53. The summed E-state index contributed by atoms with van der Waals surface area (Å²) >= 11 is 0. The summed E-state index contributed by atoms with van der Waals surface area (Å²) in [5.41, 5.74) is 0. The van der Waals surface area contributed by atoms with E-state index in [1.165, 1.54) is 58.4 Å². The highest BCUT2D eigenvalue weighted by molar-refractivity contribution is 4.85. The van der Waals surface area contributed by atoms with E-state index in [9.17, 15) is 0 Å². The molecular formula is C15H31N3. The quantitative estimate of drug-likeness (QED) is 0.825. The molecule has 2 rings (SSSR count). The summed E-state index contributed by atoms with van der Waals surface area (Å²) in [6.45, 7) is 8.81. The zero-order valence-electron chi connectivity index (χ0n) is 12.5. The number of nitrogens with one attached hydrogen (secondary N) is 1. The van der Waals surface area contributed by atoms with E-state index in [-0.39, 0.29) is 0 Å². The average molecular weight is 253 g/mol. The van der Waals surface area contributed by atoms with Gasteiger partial charge in [-0.1, -0.05) is 6.92 Å². The Kier molecular flexibility index (Phi) is 5.46. The fourth-order valence-corrected chi connectivity index (χ4v) is 3.69. The first-order chi connectivity index (χ1) is 8.69. The predicted molar refractivity (Wildman–Crippen MR) is 77.9 cm³/mol. The smallest absolute Gasteiger partial charge is 0.0109 e. The Hall–Kier alpha value is -0.120. The average Bonchev–Trinajstić information content (AvgIpc) is 2.55. The van der Waals surface area contributed by atoms with Crippen molar-refractivity contribution < 1.29 is 0 Å². The van der Waals surface area contributed by atoms with Gasteiger partial charge in [0, 0.05) is 25.7 Å². The first-order valence-corrected chi connectivity index (χ1v) is 7.77. The predicted octanol–water partition coefficient (Wildman–Crippen LogP) is 1.65. The maximum atomic E-state index is 3.55. The summed E-state index contributed by atoms with van der Waals surface area (Å²) in [4.78, 5) is 5.18. The van der Waals surface area contributed by atoms with Gasteiger partial charge >= 0.3 is 0 Å². The molecule has 0 amide bonds. The molecule has 106 valence electrons. The van der Waals surface area contributed by atoms with E-state index < -0.39 is 0 Å². The van der Waals surface area contributed by atoms with Crippen LogP contribution >= 0.6 is 0 Å². The van der Waals surface area contributed by atoms with Crippen molar-refractivity contribution >= 4 is 0 Å². The van der Waals surface area contributed by atoms with Gasteiger partial charge in [-0.15, -0.1) is 0 Å². The van der Waals surface area contributed by atoms with Gasteiger partial charge in [0.25, 0.3) is 0 Å². The SMILES string of the molecule is CNC1CCC(C)CC1CN1CCCN(C)CC1. The van der Waals surface area contributed by atoms with Crippen molar-refractivity contribution in [3.8, 4) is 0 Å². The molecule has 0 aromatic rings. The lowest BCUT2D eigenvalue weighted by Crippen LogP contribution is -2.45. The maximum absolute atomic E-state index is 3.55. The van der Waals surface area contributed by atoms with Gasteiger partial charge in [-0.3, -0.25) is 0 Å². The van der Waals surface area contributed by atoms with Crippen LogP contribution in [-0.2, 0) is 0 Å². The van der Waals surface area contributed by atoms with Gasteiger partial charge in [0.1, 0.15) is 0 Å². The van der Waals surface area contributed by atoms with Crippen molar-refractivity contribution in [3.63, 3.8) is 0 Å². The van der Waals surface area contributed by atoms with Crippen LogP contribution in [0.25, 0.3) is 0 Å². The molecule has 1 aliphatic heterocycles. The molecule has 2 fully saturated rings. The monoisotopic (exact) mass is 253 g/mol. The molecule has 1 N–H and O–H groups in total. The number of nitrogens with zero attached hydrogens (tertiary/aromatic N) is 2. The molecule has 3 unspecified atom stereocenters. The fourth-order valence-electron chi connectivity index (χ4n) is 3.69. The Morgan fingerprint density at radius 1 is 1.11 bits per heavy atom. The summed E-state index contributed by atoms with van der Waals surface area (Å²) < 4.78 is 0. The summed E-state index contributed by atoms with van der Waals surface area (Å²) in [6, 6.07) is 0.752. The van der Waals surface area contributed by atoms with Crippen LogP contribution in [0.2, 0.25) is 0 Å². The van der Waals surface area contributed by atoms with Crippen molar-refractivity contribution in [3.05, 3.63) is 0 Å². The molecule has 3 heteroatoms. The van der Waals surface area contributed by atoms with Crippen molar-refractivity contribution in [1.82, 2.24) is 15.1 Å². The number of rotatable bonds is 3. The molecule has 2 aliphatic rings. The van der Waals surface area contributed by atoms with E-state index >= 15 is 0 Å². The van der Waals surface area contributed by atoms with E-state index in [0.717, 1.165) is 17.9 Å². The first kappa shape index (κ1) is 14.3. The van der Waals surface area contributed by atoms with Crippen LogP contribution < -0.4 is 5.32 Å². The molecule has 1 saturated carbocycles. The lowest BCUT2D eigenvalue weighted by molar-refractivity contribution is 0.151. The summed E-state index contributed by atoms with van der Waals surface area (Å²) in [6.07, 6.45) is 5.53. The standard InChI is InChI=1S/C15H31N3/c1-13-5-6-15(16-2)14(11-13)12-18-8-4-7-17(3)9-10-18/h13-16H,4-12H2,1-3H3. The molecule has 3 atom stereocenters. The van der Waals surface area contributed by atoms with E-state index in [4.69, 9.17) is 0 Å². The van der Waals surface area contributed by atoms with Gasteiger partial charge in [0.05, 0.1) is 0 Å². The summed E-state index contributed by atoms with van der Waals surface area (Å²) in [5, 5.41) is 3.55. The largest absolute Gasteiger partial charge is 0.317 e. The molecule has 1 saturated heterocycles. The van der Waals surface area contributed by atoms with Crippen molar-refractivity contribution in [1.29, 1.82) is 0 Å². The highest BCUT2D eigenvalue weighted by atomic mass is 15.2. The summed E-state index contributed by atoms with van der Waals surface area (Å²) in [5.74, 6) is 1.79. The zero-order valence-corrected chi connectivity index (χ0v) is 12.5. The van der Waals surface area contributed by atoms with Crippen LogP contribution in [0.5, 0.6) is 0 Å². The van der Waals surface area contributed by atoms with Crippen LogP contribution in [0.1, 0.15) is 32.6 Å². The van der Waals surface area contributed by atoms with E-state index in [1.54, 1.807) is 0 Å². The molecule has 0 bridgehead atoms. The lowest BCUT2D eigenvalue weighted by atomic mass is 9.78. The molecule has 0 radical (unpaired) electrons. The second-order valence-corrected chi connectivity index (χ2v) is 6.53.